The topological polar surface area (TPSA) is 0 Å². The monoisotopic (exact) mass is 706 g/mol. The second-order valence-electron chi connectivity index (χ2n) is 15.5. The number of benzene rings is 12. The van der Waals surface area contributed by atoms with E-state index in [1.54, 1.807) is 0 Å². The predicted molar refractivity (Wildman–Crippen MR) is 243 cm³/mol. The van der Waals surface area contributed by atoms with E-state index in [-0.39, 0.29) is 0 Å². The molecule has 0 fully saturated rings. The molecule has 12 aromatic rings. The second kappa shape index (κ2) is 12.1. The van der Waals surface area contributed by atoms with Crippen molar-refractivity contribution in [3.8, 4) is 33.4 Å². The zero-order valence-electron chi connectivity index (χ0n) is 30.6. The molecule has 12 rings (SSSR count). The highest BCUT2D eigenvalue weighted by molar-refractivity contribution is 6.05. The minimum absolute atomic E-state index is 1.23. The molecular formula is C56H34. The van der Waals surface area contributed by atoms with Gasteiger partial charge in [-0.15, -0.1) is 0 Å². The summed E-state index contributed by atoms with van der Waals surface area (Å²) in [6, 6.07) is 77.0. The molecule has 258 valence electrons. The van der Waals surface area contributed by atoms with E-state index in [0.717, 1.165) is 0 Å². The quantitative estimate of drug-likeness (QED) is 0.160. The Labute approximate surface area is 324 Å². The molecule has 0 amide bonds. The van der Waals surface area contributed by atoms with Gasteiger partial charge in [0.2, 0.25) is 0 Å². The van der Waals surface area contributed by atoms with Gasteiger partial charge >= 0.3 is 0 Å². The van der Waals surface area contributed by atoms with Crippen LogP contribution in [-0.2, 0) is 0 Å². The molecule has 0 spiro atoms. The van der Waals surface area contributed by atoms with E-state index < -0.39 is 0 Å². The van der Waals surface area contributed by atoms with Crippen molar-refractivity contribution in [3.63, 3.8) is 0 Å². The third-order valence-electron chi connectivity index (χ3n) is 12.0. The lowest BCUT2D eigenvalue weighted by Gasteiger charge is -2.11. The van der Waals surface area contributed by atoms with Crippen LogP contribution in [-0.4, -0.2) is 0 Å². The maximum absolute atomic E-state index is 2.34. The van der Waals surface area contributed by atoms with Gasteiger partial charge in [0.25, 0.3) is 0 Å². The minimum atomic E-state index is 1.23. The summed E-state index contributed by atoms with van der Waals surface area (Å²) in [5.74, 6) is 0. The van der Waals surface area contributed by atoms with Gasteiger partial charge in [0, 0.05) is 0 Å². The summed E-state index contributed by atoms with van der Waals surface area (Å²) in [7, 11) is 0. The van der Waals surface area contributed by atoms with Gasteiger partial charge in [-0.3, -0.25) is 0 Å². The molecule has 0 saturated heterocycles. The molecule has 0 aliphatic rings. The van der Waals surface area contributed by atoms with Crippen molar-refractivity contribution < 1.29 is 0 Å². The molecule has 56 heavy (non-hydrogen) atoms. The van der Waals surface area contributed by atoms with Crippen molar-refractivity contribution in [2.75, 3.05) is 0 Å². The van der Waals surface area contributed by atoms with Gasteiger partial charge in [0.05, 0.1) is 0 Å². The fourth-order valence-corrected chi connectivity index (χ4v) is 8.95. The minimum Gasteiger partial charge on any atom is -0.0616 e. The molecule has 12 aromatic carbocycles. The van der Waals surface area contributed by atoms with E-state index >= 15 is 0 Å². The van der Waals surface area contributed by atoms with Crippen LogP contribution in [0.3, 0.4) is 0 Å². The fraction of sp³-hybridized carbons (Fsp3) is 0. The Morgan fingerprint density at radius 2 is 0.286 bits per heavy atom. The fourth-order valence-electron chi connectivity index (χ4n) is 8.95. The van der Waals surface area contributed by atoms with Gasteiger partial charge in [-0.1, -0.05) is 121 Å². The van der Waals surface area contributed by atoms with Crippen molar-refractivity contribution in [1.29, 1.82) is 0 Å². The molecule has 0 aliphatic carbocycles. The maximum atomic E-state index is 2.34. The van der Waals surface area contributed by atoms with Crippen LogP contribution in [0.25, 0.3) is 120 Å². The number of hydrogen-bond acceptors (Lipinski definition) is 0. The Hall–Kier alpha value is -7.28. The van der Waals surface area contributed by atoms with Crippen LogP contribution in [0.15, 0.2) is 206 Å². The van der Waals surface area contributed by atoms with Gasteiger partial charge in [0.15, 0.2) is 0 Å². The first-order chi connectivity index (χ1) is 27.6. The molecule has 0 bridgehead atoms. The van der Waals surface area contributed by atoms with Crippen molar-refractivity contribution >= 4 is 86.2 Å². The molecule has 0 aliphatic heterocycles. The number of fused-ring (bicyclic) bond motifs is 8. The summed E-state index contributed by atoms with van der Waals surface area (Å²) in [6.45, 7) is 0. The average Bonchev–Trinajstić information content (AvgIpc) is 3.25. The first-order valence-corrected chi connectivity index (χ1v) is 19.5. The van der Waals surface area contributed by atoms with E-state index in [1.165, 1.54) is 120 Å². The molecule has 0 saturated carbocycles. The Morgan fingerprint density at radius 1 is 0.125 bits per heavy atom. The molecular weight excluding hydrogens is 673 g/mol. The molecule has 0 aromatic heterocycles. The Morgan fingerprint density at radius 3 is 0.482 bits per heavy atom. The van der Waals surface area contributed by atoms with Crippen molar-refractivity contribution in [2.24, 2.45) is 0 Å². The zero-order chi connectivity index (χ0) is 36.7. The van der Waals surface area contributed by atoms with E-state index in [2.05, 4.69) is 206 Å². The van der Waals surface area contributed by atoms with Crippen LogP contribution < -0.4 is 0 Å². The number of hydrogen-bond donors (Lipinski definition) is 0. The highest BCUT2D eigenvalue weighted by atomic mass is 14.1. The van der Waals surface area contributed by atoms with Crippen molar-refractivity contribution in [2.45, 2.75) is 0 Å². The molecule has 0 heterocycles. The molecule has 0 nitrogen and oxygen atoms in total. The van der Waals surface area contributed by atoms with E-state index in [4.69, 9.17) is 0 Å². The first-order valence-electron chi connectivity index (χ1n) is 19.5. The van der Waals surface area contributed by atoms with Crippen molar-refractivity contribution in [3.05, 3.63) is 206 Å². The summed E-state index contributed by atoms with van der Waals surface area (Å²) in [4.78, 5) is 0. The average molecular weight is 707 g/mol. The van der Waals surface area contributed by atoms with Gasteiger partial charge in [-0.2, -0.15) is 0 Å². The molecule has 0 unspecified atom stereocenters. The third kappa shape index (κ3) is 5.22. The van der Waals surface area contributed by atoms with Crippen LogP contribution >= 0.6 is 0 Å². The van der Waals surface area contributed by atoms with Gasteiger partial charge in [0.1, 0.15) is 0 Å². The van der Waals surface area contributed by atoms with E-state index in [9.17, 15) is 0 Å². The summed E-state index contributed by atoms with van der Waals surface area (Å²) in [6.07, 6.45) is 0. The van der Waals surface area contributed by atoms with Crippen LogP contribution in [0.4, 0.5) is 0 Å². The standard InChI is InChI=1S/C56H34/c1-3-7-37-23-51-25-39(9-15-45(51)21-35(37)5-1)41-11-17-47-33-55-29-43(13-19-49(55)31-53(47)27-41)44-14-20-50-32-54-28-42(12-18-48(54)34-56(50)30-44)40-10-16-46-22-36-6-2-4-8-38(36)24-52(46)26-40/h1-34H. The summed E-state index contributed by atoms with van der Waals surface area (Å²) >= 11 is 0. The maximum Gasteiger partial charge on any atom is -0.0171 e. The van der Waals surface area contributed by atoms with Crippen molar-refractivity contribution in [1.82, 2.24) is 0 Å². The molecule has 0 atom stereocenters. The van der Waals surface area contributed by atoms with E-state index in [0.29, 0.717) is 0 Å². The lowest BCUT2D eigenvalue weighted by Crippen LogP contribution is -1.84. The first kappa shape index (κ1) is 31.1. The molecule has 0 heteroatoms. The predicted octanol–water partition coefficient (Wildman–Crippen LogP) is 15.9. The summed E-state index contributed by atoms with van der Waals surface area (Å²) in [5.41, 5.74) is 7.44. The smallest absolute Gasteiger partial charge is 0.0171 e. The Kier molecular flexibility index (Phi) is 6.73. The van der Waals surface area contributed by atoms with Gasteiger partial charge in [-0.05, 0) is 204 Å². The summed E-state index contributed by atoms with van der Waals surface area (Å²) in [5, 5.41) is 20.3. The van der Waals surface area contributed by atoms with Gasteiger partial charge in [-0.25, -0.2) is 0 Å². The second-order valence-corrected chi connectivity index (χ2v) is 15.5. The van der Waals surface area contributed by atoms with Crippen LogP contribution in [0, 0.1) is 0 Å². The van der Waals surface area contributed by atoms with Gasteiger partial charge < -0.3 is 0 Å². The zero-order valence-corrected chi connectivity index (χ0v) is 30.6. The lowest BCUT2D eigenvalue weighted by atomic mass is 9.93. The molecule has 0 N–H and O–H groups in total. The SMILES string of the molecule is c1ccc2cc3cc(-c4ccc5cc6cc(-c7ccc8cc9cc(-c%10ccc%11cc%12ccccc%12cc%11c%10)ccc9cc8c7)ccc6cc5c4)ccc3cc2c1. The third-order valence-corrected chi connectivity index (χ3v) is 12.0. The number of rotatable bonds is 3. The molecule has 0 radical (unpaired) electrons. The largest absolute Gasteiger partial charge is 0.0616 e. The Balaban J connectivity index is 0.856. The van der Waals surface area contributed by atoms with Crippen LogP contribution in [0.1, 0.15) is 0 Å². The normalized spacial score (nSPS) is 11.9. The van der Waals surface area contributed by atoms with Crippen LogP contribution in [0.5, 0.6) is 0 Å². The highest BCUT2D eigenvalue weighted by Gasteiger charge is 2.09. The lowest BCUT2D eigenvalue weighted by molar-refractivity contribution is 1.67. The summed E-state index contributed by atoms with van der Waals surface area (Å²) < 4.78 is 0. The highest BCUT2D eigenvalue weighted by Crippen LogP contribution is 2.36. The van der Waals surface area contributed by atoms with E-state index in [1.807, 2.05) is 0 Å². The van der Waals surface area contributed by atoms with Crippen LogP contribution in [0.2, 0.25) is 0 Å². The Bertz CT molecular complexity index is 3350.